The van der Waals surface area contributed by atoms with Gasteiger partial charge in [0.15, 0.2) is 0 Å². The Morgan fingerprint density at radius 2 is 1.54 bits per heavy atom. The monoisotopic (exact) mass is 900 g/mol. The summed E-state index contributed by atoms with van der Waals surface area (Å²) in [6.07, 6.45) is -3.86. The van der Waals surface area contributed by atoms with Crippen molar-refractivity contribution in [1.82, 2.24) is 47.1 Å². The Labute approximate surface area is 366 Å². The summed E-state index contributed by atoms with van der Waals surface area (Å²) < 4.78 is 0. The number of hydrogen-bond acceptors (Lipinski definition) is 13. The van der Waals surface area contributed by atoms with Crippen LogP contribution in [0.5, 0.6) is 0 Å². The molecule has 23 heteroatoms. The van der Waals surface area contributed by atoms with Crippen LogP contribution in [-0.4, -0.2) is 158 Å². The van der Waals surface area contributed by atoms with Crippen molar-refractivity contribution in [3.05, 3.63) is 29.8 Å². The van der Waals surface area contributed by atoms with Crippen molar-refractivity contribution in [2.75, 3.05) is 26.2 Å². The highest BCUT2D eigenvalue weighted by Crippen LogP contribution is 2.35. The van der Waals surface area contributed by atoms with Gasteiger partial charge in [0, 0.05) is 41.5 Å². The first kappa shape index (κ1) is 48.3. The molecule has 11 atom stereocenters. The lowest BCUT2D eigenvalue weighted by Crippen LogP contribution is -2.62. The second-order valence-electron chi connectivity index (χ2n) is 16.2. The maximum atomic E-state index is 14.4. The van der Waals surface area contributed by atoms with Crippen LogP contribution >= 0.6 is 11.8 Å². The van der Waals surface area contributed by atoms with E-state index in [2.05, 4.69) is 42.2 Å². The predicted octanol–water partition coefficient (Wildman–Crippen LogP) is -4.25. The molecule has 63 heavy (non-hydrogen) atoms. The third-order valence-corrected chi connectivity index (χ3v) is 12.9. The number of aromatic amines is 1. The molecule has 0 saturated carbocycles. The normalized spacial score (nSPS) is 28.8. The van der Waals surface area contributed by atoms with Gasteiger partial charge < -0.3 is 68.2 Å². The zero-order valence-electron chi connectivity index (χ0n) is 35.3. The molecule has 5 rings (SSSR count). The number of benzene rings is 1. The summed E-state index contributed by atoms with van der Waals surface area (Å²) in [5, 5.41) is 49.3. The van der Waals surface area contributed by atoms with Crippen LogP contribution in [0.1, 0.15) is 52.5 Å². The van der Waals surface area contributed by atoms with Gasteiger partial charge in [0.1, 0.15) is 36.3 Å². The Hall–Kier alpha value is -5.78. The Morgan fingerprint density at radius 1 is 0.873 bits per heavy atom. The number of carbonyl (C=O) groups excluding carboxylic acids is 9. The number of nitrogens with one attached hydrogen (secondary N) is 8. The van der Waals surface area contributed by atoms with Gasteiger partial charge in [-0.1, -0.05) is 52.3 Å². The van der Waals surface area contributed by atoms with Gasteiger partial charge in [0.2, 0.25) is 53.2 Å². The quantitative estimate of drug-likeness (QED) is 0.126. The molecule has 0 radical (unpaired) electrons. The second kappa shape index (κ2) is 21.1. The van der Waals surface area contributed by atoms with Gasteiger partial charge in [-0.3, -0.25) is 43.2 Å². The maximum Gasteiger partial charge on any atom is 0.246 e. The summed E-state index contributed by atoms with van der Waals surface area (Å²) >= 11 is 1.05. The van der Waals surface area contributed by atoms with E-state index in [1.807, 2.05) is 0 Å². The number of aromatic nitrogens is 1. The van der Waals surface area contributed by atoms with Crippen molar-refractivity contribution in [3.63, 3.8) is 0 Å². The van der Waals surface area contributed by atoms with Gasteiger partial charge in [-0.25, -0.2) is 0 Å². The number of nitrogens with zero attached hydrogens (tertiary/aromatic N) is 1. The van der Waals surface area contributed by atoms with E-state index in [9.17, 15) is 58.5 Å². The minimum Gasteiger partial charge on any atom is -0.394 e. The minimum atomic E-state index is -1.73. The zero-order valence-corrected chi connectivity index (χ0v) is 36.1. The molecule has 3 aliphatic rings. The molecule has 13 N–H and O–H groups in total. The van der Waals surface area contributed by atoms with E-state index in [1.54, 1.807) is 45.0 Å². The number of H-pyrrole nitrogens is 1. The molecule has 4 heterocycles. The third kappa shape index (κ3) is 11.6. The Kier molecular flexibility index (Phi) is 16.1. The van der Waals surface area contributed by atoms with Gasteiger partial charge in [-0.05, 0) is 17.5 Å². The van der Waals surface area contributed by atoms with Crippen LogP contribution in [0, 0.1) is 11.8 Å². The SMILES string of the molecule is CC[C@H](C)[C@@H]1NC(=O)CNC(=O)[C@@H]2Cc3c([nH]c4ccccc34)S[C@H](C)[C@H](NC(=O)CNC1=O)C(=O)N[C@@H](CC(N)=O)C(=O)N1C[C@H](O)C[C@H]1C(=O)N[C@@H]([C@@H](C)[C@@H](O)CO)C(=O)N2. The van der Waals surface area contributed by atoms with Crippen LogP contribution in [-0.2, 0) is 49.6 Å². The number of nitrogens with two attached hydrogens (primary N) is 1. The van der Waals surface area contributed by atoms with E-state index < -0.39 is 151 Å². The lowest BCUT2D eigenvalue weighted by atomic mass is 9.93. The first-order valence-electron chi connectivity index (χ1n) is 20.7. The molecule has 3 aliphatic heterocycles. The lowest BCUT2D eigenvalue weighted by Gasteiger charge is -2.33. The number of rotatable bonds is 7. The highest BCUT2D eigenvalue weighted by atomic mass is 32.2. The van der Waals surface area contributed by atoms with E-state index in [-0.39, 0.29) is 12.8 Å². The fourth-order valence-electron chi connectivity index (χ4n) is 7.76. The molecule has 1 aromatic heterocycles. The second-order valence-corrected chi connectivity index (χ2v) is 17.6. The maximum absolute atomic E-state index is 14.4. The summed E-state index contributed by atoms with van der Waals surface area (Å²) in [6, 6.07) is -2.15. The van der Waals surface area contributed by atoms with Crippen molar-refractivity contribution in [2.45, 2.75) is 112 Å². The average Bonchev–Trinajstić information content (AvgIpc) is 3.81. The summed E-state index contributed by atoms with van der Waals surface area (Å²) in [5.41, 5.74) is 6.56. The number of hydrogen-bond donors (Lipinski definition) is 12. The summed E-state index contributed by atoms with van der Waals surface area (Å²) in [5.74, 6) is -9.93. The lowest BCUT2D eigenvalue weighted by molar-refractivity contribution is -0.144. The van der Waals surface area contributed by atoms with Crippen LogP contribution < -0.4 is 43.0 Å². The van der Waals surface area contributed by atoms with Crippen molar-refractivity contribution in [1.29, 1.82) is 0 Å². The van der Waals surface area contributed by atoms with Crippen LogP contribution in [0.3, 0.4) is 0 Å². The van der Waals surface area contributed by atoms with Crippen LogP contribution in [0.15, 0.2) is 29.3 Å². The molecular formula is C40H56N10O12S. The number of fused-ring (bicyclic) bond motifs is 5. The number of aliphatic hydroxyl groups is 3. The van der Waals surface area contributed by atoms with E-state index in [0.717, 1.165) is 16.7 Å². The van der Waals surface area contributed by atoms with Gasteiger partial charge in [-0.2, -0.15) is 0 Å². The van der Waals surface area contributed by atoms with Crippen molar-refractivity contribution < 1.29 is 58.5 Å². The number of thioether (sulfide) groups is 1. The molecule has 344 valence electrons. The predicted molar refractivity (Wildman–Crippen MR) is 225 cm³/mol. The Balaban J connectivity index is 1.72. The highest BCUT2D eigenvalue weighted by Gasteiger charge is 2.45. The van der Waals surface area contributed by atoms with Gasteiger partial charge in [0.25, 0.3) is 0 Å². The first-order valence-corrected chi connectivity index (χ1v) is 21.6. The number of aliphatic hydroxyl groups excluding tert-OH is 3. The molecule has 0 aliphatic carbocycles. The Bertz CT molecular complexity index is 2100. The van der Waals surface area contributed by atoms with E-state index in [4.69, 9.17) is 5.73 Å². The summed E-state index contributed by atoms with van der Waals surface area (Å²) in [6.45, 7) is 3.80. The number of carbonyl (C=O) groups is 9. The van der Waals surface area contributed by atoms with Crippen molar-refractivity contribution >= 4 is 75.8 Å². The number of primary amides is 1. The Morgan fingerprint density at radius 3 is 2.21 bits per heavy atom. The summed E-state index contributed by atoms with van der Waals surface area (Å²) in [4.78, 5) is 128. The van der Waals surface area contributed by atoms with Crippen molar-refractivity contribution in [2.24, 2.45) is 17.6 Å². The molecule has 0 spiro atoms. The molecule has 9 amide bonds. The van der Waals surface area contributed by atoms with Crippen LogP contribution in [0.4, 0.5) is 0 Å². The third-order valence-electron chi connectivity index (χ3n) is 11.6. The zero-order chi connectivity index (χ0) is 46.3. The average molecular weight is 901 g/mol. The number of para-hydroxylation sites is 1. The molecule has 1 saturated heterocycles. The van der Waals surface area contributed by atoms with Crippen LogP contribution in [0.2, 0.25) is 0 Å². The van der Waals surface area contributed by atoms with E-state index >= 15 is 0 Å². The van der Waals surface area contributed by atoms with E-state index in [0.29, 0.717) is 27.9 Å². The van der Waals surface area contributed by atoms with Crippen molar-refractivity contribution in [3.8, 4) is 0 Å². The topological polar surface area (TPSA) is 344 Å². The highest BCUT2D eigenvalue weighted by molar-refractivity contribution is 8.00. The van der Waals surface area contributed by atoms with Gasteiger partial charge >= 0.3 is 0 Å². The fourth-order valence-corrected chi connectivity index (χ4v) is 8.97. The molecule has 1 aromatic carbocycles. The van der Waals surface area contributed by atoms with Gasteiger partial charge in [0.05, 0.1) is 43.4 Å². The molecule has 2 aromatic rings. The smallest absolute Gasteiger partial charge is 0.246 e. The fraction of sp³-hybridized carbons (Fsp3) is 0.575. The molecule has 0 unspecified atom stereocenters. The molecule has 22 nitrogen and oxygen atoms in total. The standard InChI is InChI=1S/C40H56N10O12S/c1-5-17(2)31-36(59)43-14-30(56)48-33-19(4)63-39-22(21-8-6-7-9-23(21)46-39)11-24(34(57)42-13-29(55)47-31)44-37(60)32(18(3)27(53)16-51)49-35(58)26-10-20(52)15-50(26)40(62)25(12-28(41)54)45-38(33)61/h6-9,17-20,24-27,31-33,46,51-53H,5,10-16H2,1-4H3,(H2,41,54)(H,42,57)(H,43,59)(H,44,60)(H,45,61)(H,47,55)(H,48,56)(H,49,58)/t17-,18-,19+,20+,24-,25-,26-,27-,31-,32-,33-/m0/s1. The first-order chi connectivity index (χ1) is 29.8. The molecule has 2 bridgehead atoms. The van der Waals surface area contributed by atoms with E-state index in [1.165, 1.54) is 6.92 Å². The molecule has 1 fully saturated rings. The largest absolute Gasteiger partial charge is 0.394 e. The minimum absolute atomic E-state index is 0.269. The number of amides is 9. The molecular weight excluding hydrogens is 845 g/mol. The summed E-state index contributed by atoms with van der Waals surface area (Å²) in [7, 11) is 0. The van der Waals surface area contributed by atoms with Crippen LogP contribution in [0.25, 0.3) is 10.9 Å². The van der Waals surface area contributed by atoms with Gasteiger partial charge in [-0.15, -0.1) is 11.8 Å².